The van der Waals surface area contributed by atoms with E-state index in [4.69, 9.17) is 16.2 Å². The highest BCUT2D eigenvalue weighted by Crippen LogP contribution is 2.54. The van der Waals surface area contributed by atoms with Crippen molar-refractivity contribution in [1.82, 2.24) is 4.98 Å². The Hall–Kier alpha value is -3.44. The summed E-state index contributed by atoms with van der Waals surface area (Å²) < 4.78 is 19.1. The highest BCUT2D eigenvalue weighted by Gasteiger charge is 2.33. The first-order chi connectivity index (χ1) is 13.0. The van der Waals surface area contributed by atoms with Crippen LogP contribution in [0.4, 0.5) is 15.9 Å². The molecule has 2 heterocycles. The van der Waals surface area contributed by atoms with Gasteiger partial charge in [-0.1, -0.05) is 6.07 Å². The number of anilines is 2. The van der Waals surface area contributed by atoms with E-state index < -0.39 is 0 Å². The molecule has 1 atom stereocenters. The van der Waals surface area contributed by atoms with Crippen molar-refractivity contribution < 1.29 is 14.2 Å². The minimum atomic E-state index is -0.380. The van der Waals surface area contributed by atoms with E-state index in [1.54, 1.807) is 18.2 Å². The fourth-order valence-electron chi connectivity index (χ4n) is 2.92. The van der Waals surface area contributed by atoms with Gasteiger partial charge in [0.05, 0.1) is 16.5 Å². The zero-order valence-corrected chi connectivity index (χ0v) is 14.6. The second-order valence-electron chi connectivity index (χ2n) is 5.89. The van der Waals surface area contributed by atoms with Crippen LogP contribution in [0.5, 0.6) is 17.4 Å². The smallest absolute Gasteiger partial charge is 0.228 e. The van der Waals surface area contributed by atoms with Gasteiger partial charge < -0.3 is 21.3 Å². The van der Waals surface area contributed by atoms with Gasteiger partial charge in [-0.15, -0.1) is 11.8 Å². The van der Waals surface area contributed by atoms with Gasteiger partial charge in [0, 0.05) is 16.5 Å². The number of thioether (sulfide) groups is 1. The summed E-state index contributed by atoms with van der Waals surface area (Å²) in [6, 6.07) is 12.7. The SMILES string of the molecule is N#Cc1c(N)nc2c(c1N)C(Sc1ccc(F)cc1)c1ccc(O)cc1O2. The van der Waals surface area contributed by atoms with Crippen molar-refractivity contribution in [2.45, 2.75) is 10.1 Å². The number of pyridine rings is 1. The Labute approximate surface area is 158 Å². The Morgan fingerprint density at radius 2 is 1.93 bits per heavy atom. The Bertz CT molecular complexity index is 1100. The van der Waals surface area contributed by atoms with Crippen LogP contribution in [0.2, 0.25) is 0 Å². The number of nitrogen functional groups attached to an aromatic ring is 2. The van der Waals surface area contributed by atoms with E-state index in [9.17, 15) is 14.8 Å². The highest BCUT2D eigenvalue weighted by atomic mass is 32.2. The lowest BCUT2D eigenvalue weighted by Crippen LogP contribution is -2.14. The molecule has 1 aromatic heterocycles. The van der Waals surface area contributed by atoms with Crippen molar-refractivity contribution >= 4 is 23.3 Å². The molecular weight excluding hydrogens is 367 g/mol. The highest BCUT2D eigenvalue weighted by molar-refractivity contribution is 7.99. The van der Waals surface area contributed by atoms with Crippen LogP contribution in [0, 0.1) is 17.1 Å². The molecule has 0 amide bonds. The second kappa shape index (κ2) is 6.37. The third kappa shape index (κ3) is 2.88. The van der Waals surface area contributed by atoms with Gasteiger partial charge in [0.1, 0.15) is 34.8 Å². The Morgan fingerprint density at radius 1 is 1.19 bits per heavy atom. The van der Waals surface area contributed by atoms with Crippen LogP contribution in [0.25, 0.3) is 0 Å². The molecule has 0 saturated heterocycles. The molecule has 3 aromatic rings. The number of nitrogens with two attached hydrogens (primary N) is 2. The Balaban J connectivity index is 1.91. The zero-order valence-electron chi connectivity index (χ0n) is 13.8. The van der Waals surface area contributed by atoms with Gasteiger partial charge in [-0.25, -0.2) is 4.39 Å². The number of aromatic nitrogens is 1. The molecule has 1 aliphatic rings. The van der Waals surface area contributed by atoms with E-state index >= 15 is 0 Å². The van der Waals surface area contributed by atoms with Crippen LogP contribution in [-0.2, 0) is 0 Å². The topological polar surface area (TPSA) is 118 Å². The number of nitriles is 1. The van der Waals surface area contributed by atoms with Crippen LogP contribution < -0.4 is 16.2 Å². The van der Waals surface area contributed by atoms with E-state index in [0.29, 0.717) is 11.3 Å². The molecule has 0 saturated carbocycles. The average Bonchev–Trinajstić information content (AvgIpc) is 2.63. The number of phenols is 1. The van der Waals surface area contributed by atoms with Gasteiger partial charge in [-0.3, -0.25) is 0 Å². The van der Waals surface area contributed by atoms with Crippen molar-refractivity contribution in [1.29, 1.82) is 5.26 Å². The number of benzene rings is 2. The molecule has 4 rings (SSSR count). The van der Waals surface area contributed by atoms with E-state index in [2.05, 4.69) is 4.98 Å². The summed E-state index contributed by atoms with van der Waals surface area (Å²) in [5, 5.41) is 18.8. The van der Waals surface area contributed by atoms with E-state index in [1.165, 1.54) is 36.0 Å². The quantitative estimate of drug-likeness (QED) is 0.616. The monoisotopic (exact) mass is 380 g/mol. The van der Waals surface area contributed by atoms with Crippen molar-refractivity contribution in [3.8, 4) is 23.4 Å². The minimum absolute atomic E-state index is 0.0251. The van der Waals surface area contributed by atoms with Crippen LogP contribution in [0.3, 0.4) is 0 Å². The molecule has 1 unspecified atom stereocenters. The summed E-state index contributed by atoms with van der Waals surface area (Å²) >= 11 is 1.41. The third-order valence-electron chi connectivity index (χ3n) is 4.20. The molecule has 0 bridgehead atoms. The van der Waals surface area contributed by atoms with Crippen molar-refractivity contribution in [3.05, 3.63) is 65.0 Å². The fraction of sp³-hybridized carbons (Fsp3) is 0.0526. The normalized spacial score (nSPS) is 14.6. The van der Waals surface area contributed by atoms with Gasteiger partial charge in [0.15, 0.2) is 0 Å². The molecule has 0 spiro atoms. The maximum Gasteiger partial charge on any atom is 0.228 e. The van der Waals surface area contributed by atoms with Gasteiger partial charge in [0.25, 0.3) is 0 Å². The average molecular weight is 380 g/mol. The molecule has 0 aliphatic carbocycles. The predicted octanol–water partition coefficient (Wildman–Crippen LogP) is 3.95. The Kier molecular flexibility index (Phi) is 4.01. The largest absolute Gasteiger partial charge is 0.508 e. The lowest BCUT2D eigenvalue weighted by atomic mass is 9.98. The molecule has 2 aromatic carbocycles. The van der Waals surface area contributed by atoms with Crippen LogP contribution in [0.1, 0.15) is 21.9 Å². The number of nitrogens with zero attached hydrogens (tertiary/aromatic N) is 2. The van der Waals surface area contributed by atoms with Gasteiger partial charge in [-0.05, 0) is 30.3 Å². The van der Waals surface area contributed by atoms with E-state index in [0.717, 1.165) is 10.5 Å². The summed E-state index contributed by atoms with van der Waals surface area (Å²) in [5.74, 6) is 0.276. The predicted molar refractivity (Wildman–Crippen MR) is 100 cm³/mol. The molecule has 1 aliphatic heterocycles. The molecule has 6 nitrogen and oxygen atoms in total. The van der Waals surface area contributed by atoms with Crippen molar-refractivity contribution in [3.63, 3.8) is 0 Å². The number of hydrogen-bond acceptors (Lipinski definition) is 7. The maximum absolute atomic E-state index is 13.3. The van der Waals surface area contributed by atoms with Gasteiger partial charge >= 0.3 is 0 Å². The van der Waals surface area contributed by atoms with Crippen LogP contribution in [0.15, 0.2) is 47.4 Å². The Morgan fingerprint density at radius 3 is 2.63 bits per heavy atom. The van der Waals surface area contributed by atoms with Crippen molar-refractivity contribution in [2.75, 3.05) is 11.5 Å². The number of rotatable bonds is 2. The maximum atomic E-state index is 13.3. The van der Waals surface area contributed by atoms with E-state index in [1.807, 2.05) is 6.07 Å². The number of fused-ring (bicyclic) bond motifs is 2. The lowest BCUT2D eigenvalue weighted by molar-refractivity contribution is 0.429. The standard InChI is InChI=1S/C19H13FN4O2S/c20-9-1-4-11(5-2-9)27-17-12-6-3-10(25)7-14(12)26-19-15(17)16(22)13(8-21)18(23)24-19/h1-7,17,25H,(H4,22,23,24). The summed E-state index contributed by atoms with van der Waals surface area (Å²) in [5.41, 5.74) is 13.6. The second-order valence-corrected chi connectivity index (χ2v) is 7.07. The molecule has 27 heavy (non-hydrogen) atoms. The first kappa shape index (κ1) is 17.0. The molecule has 134 valence electrons. The molecular formula is C19H13FN4O2S. The van der Waals surface area contributed by atoms with Gasteiger partial charge in [0.2, 0.25) is 5.88 Å². The zero-order chi connectivity index (χ0) is 19.1. The molecule has 8 heteroatoms. The van der Waals surface area contributed by atoms with Crippen molar-refractivity contribution in [2.24, 2.45) is 0 Å². The minimum Gasteiger partial charge on any atom is -0.508 e. The first-order valence-electron chi connectivity index (χ1n) is 7.90. The number of ether oxygens (including phenoxy) is 1. The summed E-state index contributed by atoms with van der Waals surface area (Å²) in [6.45, 7) is 0. The first-order valence-corrected chi connectivity index (χ1v) is 8.78. The number of hydrogen-bond donors (Lipinski definition) is 3. The van der Waals surface area contributed by atoms with Crippen LogP contribution >= 0.6 is 11.8 Å². The lowest BCUT2D eigenvalue weighted by Gasteiger charge is -2.29. The number of aromatic hydroxyl groups is 1. The molecule has 0 fully saturated rings. The molecule has 0 radical (unpaired) electrons. The summed E-state index contributed by atoms with van der Waals surface area (Å²) in [6.07, 6.45) is 0. The summed E-state index contributed by atoms with van der Waals surface area (Å²) in [7, 11) is 0. The third-order valence-corrected chi connectivity index (χ3v) is 5.47. The van der Waals surface area contributed by atoms with Gasteiger partial charge in [-0.2, -0.15) is 10.2 Å². The summed E-state index contributed by atoms with van der Waals surface area (Å²) in [4.78, 5) is 4.97. The van der Waals surface area contributed by atoms with Crippen LogP contribution in [-0.4, -0.2) is 10.1 Å². The fourth-order valence-corrected chi connectivity index (χ4v) is 4.15. The molecule has 5 N–H and O–H groups in total. The number of halogens is 1. The van der Waals surface area contributed by atoms with E-state index in [-0.39, 0.29) is 39.8 Å². The number of phenolic OH excluding ortho intramolecular Hbond substituents is 1.